The Hall–Kier alpha value is -3.37. The first kappa shape index (κ1) is 19.4. The molecule has 2 aromatic heterocycles. The highest BCUT2D eigenvalue weighted by Crippen LogP contribution is 2.23. The first-order valence-corrected chi connectivity index (χ1v) is 8.13. The van der Waals surface area contributed by atoms with Gasteiger partial charge in [0.2, 0.25) is 0 Å². The van der Waals surface area contributed by atoms with Gasteiger partial charge in [0.05, 0.1) is 11.9 Å². The summed E-state index contributed by atoms with van der Waals surface area (Å²) in [7, 11) is 3.72. The Balaban J connectivity index is 1.72. The SMILES string of the molecule is Cc1cnc(OCc2cn(-c3ccc(F)c(OC(F)F)c3)nn2)nc1N(C)C. The summed E-state index contributed by atoms with van der Waals surface area (Å²) < 4.78 is 49.2. The molecule has 3 rings (SSSR count). The van der Waals surface area contributed by atoms with Crippen LogP contribution in [0.1, 0.15) is 11.3 Å². The van der Waals surface area contributed by atoms with Gasteiger partial charge in [0.1, 0.15) is 18.1 Å². The highest BCUT2D eigenvalue weighted by atomic mass is 19.3. The van der Waals surface area contributed by atoms with Gasteiger partial charge in [-0.25, -0.2) is 14.1 Å². The van der Waals surface area contributed by atoms with E-state index >= 15 is 0 Å². The summed E-state index contributed by atoms with van der Waals surface area (Å²) in [6.07, 6.45) is 3.16. The fourth-order valence-electron chi connectivity index (χ4n) is 2.39. The molecular weight excluding hydrogens is 377 g/mol. The van der Waals surface area contributed by atoms with Crippen LogP contribution in [0.15, 0.2) is 30.6 Å². The molecule has 0 saturated carbocycles. The van der Waals surface area contributed by atoms with Crippen molar-refractivity contribution in [3.05, 3.63) is 47.7 Å². The van der Waals surface area contributed by atoms with Gasteiger partial charge in [0.25, 0.3) is 0 Å². The molecule has 0 spiro atoms. The summed E-state index contributed by atoms with van der Waals surface area (Å²) in [4.78, 5) is 10.3. The van der Waals surface area contributed by atoms with Crippen molar-refractivity contribution in [3.63, 3.8) is 0 Å². The number of alkyl halides is 2. The summed E-state index contributed by atoms with van der Waals surface area (Å²) in [5.74, 6) is -0.752. The second-order valence-electron chi connectivity index (χ2n) is 5.99. The Bertz CT molecular complexity index is 964. The third-order valence-corrected chi connectivity index (χ3v) is 3.63. The van der Waals surface area contributed by atoms with Gasteiger partial charge in [-0.15, -0.1) is 5.10 Å². The van der Waals surface area contributed by atoms with Gasteiger partial charge < -0.3 is 14.4 Å². The van der Waals surface area contributed by atoms with Crippen LogP contribution in [0.25, 0.3) is 5.69 Å². The number of benzene rings is 1. The van der Waals surface area contributed by atoms with E-state index in [0.29, 0.717) is 11.4 Å². The molecule has 11 heteroatoms. The zero-order valence-electron chi connectivity index (χ0n) is 15.3. The molecule has 2 heterocycles. The van der Waals surface area contributed by atoms with Crippen LogP contribution in [-0.2, 0) is 6.61 Å². The lowest BCUT2D eigenvalue weighted by atomic mass is 10.3. The number of ether oxygens (including phenoxy) is 2. The summed E-state index contributed by atoms with van der Waals surface area (Å²) in [6, 6.07) is 3.65. The summed E-state index contributed by atoms with van der Waals surface area (Å²) in [6.45, 7) is -1.21. The monoisotopic (exact) mass is 394 g/mol. The van der Waals surface area contributed by atoms with Crippen LogP contribution in [0, 0.1) is 12.7 Å². The molecule has 1 aromatic carbocycles. The average molecular weight is 394 g/mol. The van der Waals surface area contributed by atoms with Crippen molar-refractivity contribution in [1.29, 1.82) is 0 Å². The molecule has 3 aromatic rings. The molecule has 0 radical (unpaired) electrons. The van der Waals surface area contributed by atoms with Crippen LogP contribution in [0.2, 0.25) is 0 Å². The van der Waals surface area contributed by atoms with E-state index in [1.807, 2.05) is 25.9 Å². The fourth-order valence-corrected chi connectivity index (χ4v) is 2.39. The van der Waals surface area contributed by atoms with Crippen LogP contribution in [0.5, 0.6) is 11.8 Å². The molecule has 0 aliphatic rings. The topological polar surface area (TPSA) is 78.2 Å². The van der Waals surface area contributed by atoms with E-state index in [4.69, 9.17) is 4.74 Å². The largest absolute Gasteiger partial charge is 0.457 e. The molecule has 0 amide bonds. The van der Waals surface area contributed by atoms with Gasteiger partial charge in [-0.05, 0) is 19.1 Å². The predicted octanol–water partition coefficient (Wildman–Crippen LogP) is 2.75. The maximum Gasteiger partial charge on any atom is 0.387 e. The lowest BCUT2D eigenvalue weighted by Gasteiger charge is -2.14. The highest BCUT2D eigenvalue weighted by Gasteiger charge is 2.13. The van der Waals surface area contributed by atoms with Gasteiger partial charge in [-0.2, -0.15) is 13.8 Å². The summed E-state index contributed by atoms with van der Waals surface area (Å²) >= 11 is 0. The number of nitrogens with zero attached hydrogens (tertiary/aromatic N) is 6. The zero-order valence-corrected chi connectivity index (χ0v) is 15.3. The summed E-state index contributed by atoms with van der Waals surface area (Å²) in [5.41, 5.74) is 1.65. The van der Waals surface area contributed by atoms with E-state index in [9.17, 15) is 13.2 Å². The molecule has 0 N–H and O–H groups in total. The van der Waals surface area contributed by atoms with E-state index in [-0.39, 0.29) is 12.6 Å². The minimum atomic E-state index is -3.13. The molecule has 0 saturated heterocycles. The number of halogens is 3. The van der Waals surface area contributed by atoms with Crippen molar-refractivity contribution in [2.45, 2.75) is 20.1 Å². The Kier molecular flexibility index (Phi) is 5.62. The van der Waals surface area contributed by atoms with E-state index in [0.717, 1.165) is 23.5 Å². The number of rotatable bonds is 7. The maximum atomic E-state index is 13.5. The minimum absolute atomic E-state index is 0.0392. The number of aromatic nitrogens is 5. The van der Waals surface area contributed by atoms with E-state index < -0.39 is 18.2 Å². The molecule has 0 unspecified atom stereocenters. The molecule has 0 bridgehead atoms. The molecular formula is C17H17F3N6O2. The standard InChI is InChI=1S/C17H17F3N6O2/c1-10-7-21-17(22-15(10)25(2)3)27-9-11-8-26(24-23-11)12-4-5-13(18)14(6-12)28-16(19)20/h4-8,16H,9H2,1-3H3. The Morgan fingerprint density at radius 1 is 1.25 bits per heavy atom. The van der Waals surface area contributed by atoms with Gasteiger partial charge >= 0.3 is 12.6 Å². The number of aryl methyl sites for hydroxylation is 1. The second-order valence-corrected chi connectivity index (χ2v) is 5.99. The van der Waals surface area contributed by atoms with Crippen molar-refractivity contribution in [3.8, 4) is 17.4 Å². The lowest BCUT2D eigenvalue weighted by molar-refractivity contribution is -0.0521. The van der Waals surface area contributed by atoms with Crippen LogP contribution in [0.4, 0.5) is 19.0 Å². The van der Waals surface area contributed by atoms with E-state index in [1.54, 1.807) is 6.20 Å². The molecule has 0 aliphatic heterocycles. The molecule has 0 atom stereocenters. The maximum absolute atomic E-state index is 13.5. The van der Waals surface area contributed by atoms with E-state index in [2.05, 4.69) is 25.0 Å². The van der Waals surface area contributed by atoms with Crippen LogP contribution < -0.4 is 14.4 Å². The van der Waals surface area contributed by atoms with Crippen molar-refractivity contribution >= 4 is 5.82 Å². The third-order valence-electron chi connectivity index (χ3n) is 3.63. The Morgan fingerprint density at radius 2 is 2.04 bits per heavy atom. The molecule has 28 heavy (non-hydrogen) atoms. The number of hydrogen-bond acceptors (Lipinski definition) is 7. The second kappa shape index (κ2) is 8.11. The normalized spacial score (nSPS) is 11.0. The van der Waals surface area contributed by atoms with Crippen LogP contribution in [0.3, 0.4) is 0 Å². The van der Waals surface area contributed by atoms with Crippen molar-refractivity contribution in [2.75, 3.05) is 19.0 Å². The van der Waals surface area contributed by atoms with Gasteiger partial charge in [0, 0.05) is 31.9 Å². The summed E-state index contributed by atoms with van der Waals surface area (Å²) in [5, 5.41) is 7.82. The van der Waals surface area contributed by atoms with Crippen molar-refractivity contribution in [1.82, 2.24) is 25.0 Å². The molecule has 0 aliphatic carbocycles. The highest BCUT2D eigenvalue weighted by molar-refractivity contribution is 5.44. The van der Waals surface area contributed by atoms with E-state index in [1.165, 1.54) is 16.9 Å². The van der Waals surface area contributed by atoms with Gasteiger partial charge in [-0.3, -0.25) is 0 Å². The molecule has 0 fully saturated rings. The quantitative estimate of drug-likeness (QED) is 0.610. The minimum Gasteiger partial charge on any atom is -0.457 e. The molecule has 8 nitrogen and oxygen atoms in total. The van der Waals surface area contributed by atoms with Crippen LogP contribution >= 0.6 is 0 Å². The predicted molar refractivity (Wildman–Crippen MR) is 93.4 cm³/mol. The number of hydrogen-bond donors (Lipinski definition) is 0. The Morgan fingerprint density at radius 3 is 2.75 bits per heavy atom. The van der Waals surface area contributed by atoms with Crippen LogP contribution in [-0.4, -0.2) is 45.7 Å². The lowest BCUT2D eigenvalue weighted by Crippen LogP contribution is -2.13. The average Bonchev–Trinajstić information content (AvgIpc) is 3.11. The third kappa shape index (κ3) is 4.48. The van der Waals surface area contributed by atoms with Crippen molar-refractivity contribution in [2.24, 2.45) is 0 Å². The van der Waals surface area contributed by atoms with Gasteiger partial charge in [-0.1, -0.05) is 5.21 Å². The van der Waals surface area contributed by atoms with Crippen molar-refractivity contribution < 1.29 is 22.6 Å². The first-order valence-electron chi connectivity index (χ1n) is 8.13. The molecule has 148 valence electrons. The van der Waals surface area contributed by atoms with Gasteiger partial charge in [0.15, 0.2) is 11.6 Å². The smallest absolute Gasteiger partial charge is 0.387 e. The zero-order chi connectivity index (χ0) is 20.3. The number of anilines is 1. The first-order chi connectivity index (χ1) is 13.3. The fraction of sp³-hybridized carbons (Fsp3) is 0.294. The Labute approximate surface area is 158 Å².